The highest BCUT2D eigenvalue weighted by atomic mass is 16.5. The van der Waals surface area contributed by atoms with Gasteiger partial charge in [-0.15, -0.1) is 0 Å². The Morgan fingerprint density at radius 2 is 1.56 bits per heavy atom. The quantitative estimate of drug-likeness (QED) is 0.154. The van der Waals surface area contributed by atoms with Crippen LogP contribution in [0.1, 0.15) is 21.5 Å². The molecule has 4 aromatic rings. The van der Waals surface area contributed by atoms with Gasteiger partial charge >= 0.3 is 17.8 Å². The van der Waals surface area contributed by atoms with Gasteiger partial charge in [0.05, 0.1) is 11.8 Å². The van der Waals surface area contributed by atoms with Gasteiger partial charge in [0, 0.05) is 11.1 Å². The zero-order chi connectivity index (χ0) is 23.9. The predicted octanol–water partition coefficient (Wildman–Crippen LogP) is 4.46. The molecule has 7 heteroatoms. The first-order chi connectivity index (χ1) is 16.5. The van der Waals surface area contributed by atoms with Crippen LogP contribution < -0.4 is 15.5 Å². The van der Waals surface area contributed by atoms with Crippen molar-refractivity contribution in [2.45, 2.75) is 6.92 Å². The van der Waals surface area contributed by atoms with E-state index in [4.69, 9.17) is 4.74 Å². The minimum Gasteiger partial charge on any atom is -0.423 e. The third-order valence-corrected chi connectivity index (χ3v) is 4.97. The topological polar surface area (TPSA) is 96.9 Å². The van der Waals surface area contributed by atoms with Crippen LogP contribution >= 0.6 is 0 Å². The van der Waals surface area contributed by atoms with Crippen molar-refractivity contribution < 1.29 is 19.1 Å². The molecular weight excluding hydrogens is 430 g/mol. The molecule has 0 heterocycles. The first kappa shape index (κ1) is 22.4. The van der Waals surface area contributed by atoms with Crippen molar-refractivity contribution in [2.24, 2.45) is 5.10 Å². The lowest BCUT2D eigenvalue weighted by molar-refractivity contribution is -0.136. The first-order valence-corrected chi connectivity index (χ1v) is 10.5. The van der Waals surface area contributed by atoms with E-state index in [9.17, 15) is 14.4 Å². The monoisotopic (exact) mass is 451 g/mol. The molecule has 2 N–H and O–H groups in total. The summed E-state index contributed by atoms with van der Waals surface area (Å²) in [5.41, 5.74) is 4.82. The van der Waals surface area contributed by atoms with Crippen molar-refractivity contribution in [3.8, 4) is 5.75 Å². The molecule has 2 amide bonds. The van der Waals surface area contributed by atoms with Gasteiger partial charge in [-0.2, -0.15) is 5.10 Å². The molecule has 0 atom stereocenters. The van der Waals surface area contributed by atoms with Gasteiger partial charge in [0.25, 0.3) is 0 Å². The molecule has 0 unspecified atom stereocenters. The maximum absolute atomic E-state index is 12.2. The molecule has 0 saturated carbocycles. The number of hydrogen-bond acceptors (Lipinski definition) is 5. The van der Waals surface area contributed by atoms with E-state index >= 15 is 0 Å². The van der Waals surface area contributed by atoms with Crippen LogP contribution in [-0.2, 0) is 9.59 Å². The van der Waals surface area contributed by atoms with Gasteiger partial charge < -0.3 is 10.1 Å². The second kappa shape index (κ2) is 10.2. The van der Waals surface area contributed by atoms with Gasteiger partial charge in [0.1, 0.15) is 5.75 Å². The number of anilines is 1. The summed E-state index contributed by atoms with van der Waals surface area (Å²) < 4.78 is 5.37. The molecule has 0 aromatic heterocycles. The summed E-state index contributed by atoms with van der Waals surface area (Å²) in [6, 6.07) is 26.7. The Morgan fingerprint density at radius 3 is 2.35 bits per heavy atom. The largest absolute Gasteiger partial charge is 0.423 e. The molecule has 0 saturated heterocycles. The summed E-state index contributed by atoms with van der Waals surface area (Å²) in [7, 11) is 0. The zero-order valence-electron chi connectivity index (χ0n) is 18.3. The van der Waals surface area contributed by atoms with Crippen molar-refractivity contribution in [3.05, 3.63) is 108 Å². The molecule has 0 aliphatic carbocycles. The van der Waals surface area contributed by atoms with Crippen LogP contribution in [0.3, 0.4) is 0 Å². The lowest BCUT2D eigenvalue weighted by Crippen LogP contribution is -2.32. The number of carbonyl (C=O) groups excluding carboxylic acids is 3. The average molecular weight is 451 g/mol. The Hall–Kier alpha value is -4.78. The molecule has 0 bridgehead atoms. The van der Waals surface area contributed by atoms with E-state index in [1.54, 1.807) is 54.6 Å². The standard InChI is InChI=1S/C27H21N3O4/c1-18-6-4-9-21(16-18)27(33)34-22-14-12-19(13-15-22)17-28-30-26(32)25(31)29-24-11-5-8-20-7-2-3-10-23(20)24/h2-17H,1H3,(H,29,31)(H,30,32). The third kappa shape index (κ3) is 5.52. The van der Waals surface area contributed by atoms with Crippen LogP contribution in [0.4, 0.5) is 5.69 Å². The van der Waals surface area contributed by atoms with E-state index < -0.39 is 17.8 Å². The van der Waals surface area contributed by atoms with Crippen LogP contribution in [0.15, 0.2) is 96.1 Å². The summed E-state index contributed by atoms with van der Waals surface area (Å²) in [6.45, 7) is 1.90. The second-order valence-corrected chi connectivity index (χ2v) is 7.51. The lowest BCUT2D eigenvalue weighted by atomic mass is 10.1. The summed E-state index contributed by atoms with van der Waals surface area (Å²) in [6.07, 6.45) is 1.38. The molecule has 4 aromatic carbocycles. The smallest absolute Gasteiger partial charge is 0.343 e. The van der Waals surface area contributed by atoms with Gasteiger partial charge in [0.2, 0.25) is 0 Å². The second-order valence-electron chi connectivity index (χ2n) is 7.51. The van der Waals surface area contributed by atoms with Gasteiger partial charge in [-0.05, 0) is 60.3 Å². The van der Waals surface area contributed by atoms with Gasteiger partial charge in [0.15, 0.2) is 0 Å². The molecule has 0 aliphatic rings. The number of nitrogens with zero attached hydrogens (tertiary/aromatic N) is 1. The molecule has 168 valence electrons. The number of fused-ring (bicyclic) bond motifs is 1. The Morgan fingerprint density at radius 1 is 0.824 bits per heavy atom. The van der Waals surface area contributed by atoms with E-state index in [1.165, 1.54) is 6.21 Å². The van der Waals surface area contributed by atoms with Gasteiger partial charge in [-0.3, -0.25) is 9.59 Å². The van der Waals surface area contributed by atoms with E-state index in [0.29, 0.717) is 22.6 Å². The summed E-state index contributed by atoms with van der Waals surface area (Å²) in [4.78, 5) is 36.6. The molecule has 0 aliphatic heterocycles. The molecular formula is C27H21N3O4. The minimum atomic E-state index is -0.895. The Bertz CT molecular complexity index is 1390. The van der Waals surface area contributed by atoms with Crippen LogP contribution in [0, 0.1) is 6.92 Å². The number of esters is 1. The van der Waals surface area contributed by atoms with Crippen LogP contribution in [0.5, 0.6) is 5.75 Å². The lowest BCUT2D eigenvalue weighted by Gasteiger charge is -2.07. The number of amides is 2. The highest BCUT2D eigenvalue weighted by Crippen LogP contribution is 2.22. The maximum Gasteiger partial charge on any atom is 0.343 e. The number of rotatable bonds is 5. The van der Waals surface area contributed by atoms with Crippen molar-refractivity contribution >= 4 is 40.5 Å². The fourth-order valence-corrected chi connectivity index (χ4v) is 3.29. The first-order valence-electron chi connectivity index (χ1n) is 10.5. The van der Waals surface area contributed by atoms with Crippen LogP contribution in [0.25, 0.3) is 10.8 Å². The van der Waals surface area contributed by atoms with Crippen molar-refractivity contribution in [1.29, 1.82) is 0 Å². The van der Waals surface area contributed by atoms with E-state index in [0.717, 1.165) is 16.3 Å². The molecule has 7 nitrogen and oxygen atoms in total. The van der Waals surface area contributed by atoms with Gasteiger partial charge in [-0.25, -0.2) is 10.2 Å². The number of ether oxygens (including phenoxy) is 1. The van der Waals surface area contributed by atoms with E-state index in [2.05, 4.69) is 15.8 Å². The number of carbonyl (C=O) groups is 3. The minimum absolute atomic E-state index is 0.377. The molecule has 34 heavy (non-hydrogen) atoms. The van der Waals surface area contributed by atoms with Crippen LogP contribution in [-0.4, -0.2) is 24.0 Å². The van der Waals surface area contributed by atoms with Crippen molar-refractivity contribution in [2.75, 3.05) is 5.32 Å². The van der Waals surface area contributed by atoms with Crippen molar-refractivity contribution in [1.82, 2.24) is 5.43 Å². The Labute approximate surface area is 196 Å². The fourth-order valence-electron chi connectivity index (χ4n) is 3.29. The maximum atomic E-state index is 12.2. The number of hydrogen-bond donors (Lipinski definition) is 2. The summed E-state index contributed by atoms with van der Waals surface area (Å²) in [5.74, 6) is -1.79. The average Bonchev–Trinajstić information content (AvgIpc) is 2.85. The predicted molar refractivity (Wildman–Crippen MR) is 131 cm³/mol. The number of hydrazone groups is 1. The Kier molecular flexibility index (Phi) is 6.74. The van der Waals surface area contributed by atoms with E-state index in [-0.39, 0.29) is 0 Å². The van der Waals surface area contributed by atoms with Crippen LogP contribution in [0.2, 0.25) is 0 Å². The summed E-state index contributed by atoms with van der Waals surface area (Å²) >= 11 is 0. The fraction of sp³-hybridized carbons (Fsp3) is 0.0370. The van der Waals surface area contributed by atoms with Crippen molar-refractivity contribution in [3.63, 3.8) is 0 Å². The summed E-state index contributed by atoms with van der Waals surface area (Å²) in [5, 5.41) is 8.21. The number of nitrogens with one attached hydrogen (secondary N) is 2. The Balaban J connectivity index is 1.31. The molecule has 0 spiro atoms. The highest BCUT2D eigenvalue weighted by Gasteiger charge is 2.14. The normalized spacial score (nSPS) is 10.7. The molecule has 0 fully saturated rings. The number of aryl methyl sites for hydroxylation is 1. The van der Waals surface area contributed by atoms with Gasteiger partial charge in [-0.1, -0.05) is 54.1 Å². The van der Waals surface area contributed by atoms with E-state index in [1.807, 2.05) is 43.3 Å². The third-order valence-electron chi connectivity index (χ3n) is 4.97. The zero-order valence-corrected chi connectivity index (χ0v) is 18.3. The SMILES string of the molecule is Cc1cccc(C(=O)Oc2ccc(C=NNC(=O)C(=O)Nc3cccc4ccccc34)cc2)c1. The number of benzene rings is 4. The molecule has 0 radical (unpaired) electrons. The molecule has 4 rings (SSSR count). The highest BCUT2D eigenvalue weighted by molar-refractivity contribution is 6.40.